The van der Waals surface area contributed by atoms with Gasteiger partial charge in [-0.1, -0.05) is 18.3 Å². The molecular formula is C14H16N2O3S. The molecule has 0 saturated carbocycles. The van der Waals surface area contributed by atoms with Crippen LogP contribution in [0.4, 0.5) is 10.8 Å². The number of hydrogen-bond donors (Lipinski definition) is 1. The third-order valence-corrected chi connectivity index (χ3v) is 4.12. The lowest BCUT2D eigenvalue weighted by Crippen LogP contribution is -2.08. The molecule has 6 heteroatoms. The lowest BCUT2D eigenvalue weighted by atomic mass is 10.3. The predicted octanol–water partition coefficient (Wildman–Crippen LogP) is 3.18. The molecule has 1 N–H and O–H groups in total. The second-order valence-electron chi connectivity index (χ2n) is 4.19. The molecule has 0 amide bonds. The molecule has 2 rings (SSSR count). The molecule has 0 bridgehead atoms. The number of benzene rings is 1. The number of aryl methyl sites for hydroxylation is 1. The van der Waals surface area contributed by atoms with E-state index in [1.54, 1.807) is 7.11 Å². The van der Waals surface area contributed by atoms with Gasteiger partial charge in [0.25, 0.3) is 0 Å². The molecule has 1 heterocycles. The number of ether oxygens (including phenoxy) is 1. The summed E-state index contributed by atoms with van der Waals surface area (Å²) in [6.45, 7) is 1.90. The second kappa shape index (κ2) is 5.92. The first-order valence-corrected chi connectivity index (χ1v) is 6.99. The second-order valence-corrected chi connectivity index (χ2v) is 5.17. The van der Waals surface area contributed by atoms with Gasteiger partial charge in [0.1, 0.15) is 10.6 Å². The van der Waals surface area contributed by atoms with Crippen molar-refractivity contribution in [1.82, 2.24) is 4.98 Å². The highest BCUT2D eigenvalue weighted by Gasteiger charge is 2.18. The summed E-state index contributed by atoms with van der Waals surface area (Å²) in [6.07, 6.45) is 0.606. The molecule has 5 nitrogen and oxygen atoms in total. The number of rotatable bonds is 5. The van der Waals surface area contributed by atoms with Gasteiger partial charge in [0.05, 0.1) is 12.8 Å². The van der Waals surface area contributed by atoms with Crippen molar-refractivity contribution >= 4 is 28.1 Å². The Bertz CT molecular complexity index is 607. The number of carboxylic acid groups (broad SMARTS) is 1. The Labute approximate surface area is 121 Å². The van der Waals surface area contributed by atoms with Crippen molar-refractivity contribution in [3.63, 3.8) is 0 Å². The third-order valence-electron chi connectivity index (χ3n) is 2.96. The minimum Gasteiger partial charge on any atom is -0.497 e. The van der Waals surface area contributed by atoms with Crippen molar-refractivity contribution in [2.75, 3.05) is 19.1 Å². The van der Waals surface area contributed by atoms with Crippen molar-refractivity contribution in [1.29, 1.82) is 0 Å². The molecule has 0 aliphatic rings. The predicted molar refractivity (Wildman–Crippen MR) is 79.5 cm³/mol. The Balaban J connectivity index is 2.32. The number of methoxy groups -OCH3 is 1. The van der Waals surface area contributed by atoms with Crippen LogP contribution in [0.2, 0.25) is 0 Å². The highest BCUT2D eigenvalue weighted by molar-refractivity contribution is 7.17. The van der Waals surface area contributed by atoms with Gasteiger partial charge >= 0.3 is 5.97 Å². The van der Waals surface area contributed by atoms with Gasteiger partial charge in [0.15, 0.2) is 5.13 Å². The summed E-state index contributed by atoms with van der Waals surface area (Å²) < 4.78 is 5.12. The van der Waals surface area contributed by atoms with E-state index in [1.807, 2.05) is 43.1 Å². The van der Waals surface area contributed by atoms with Crippen LogP contribution < -0.4 is 9.64 Å². The fourth-order valence-corrected chi connectivity index (χ4v) is 2.78. The minimum atomic E-state index is -0.922. The molecule has 0 aliphatic heterocycles. The summed E-state index contributed by atoms with van der Waals surface area (Å²) in [5.74, 6) is -0.143. The Morgan fingerprint density at radius 2 is 2.05 bits per heavy atom. The Hall–Kier alpha value is -2.08. The van der Waals surface area contributed by atoms with Gasteiger partial charge in [0.2, 0.25) is 0 Å². The normalized spacial score (nSPS) is 10.3. The van der Waals surface area contributed by atoms with E-state index in [-0.39, 0.29) is 0 Å². The number of aromatic nitrogens is 1. The van der Waals surface area contributed by atoms with E-state index >= 15 is 0 Å². The summed E-state index contributed by atoms with van der Waals surface area (Å²) in [4.78, 5) is 17.8. The lowest BCUT2D eigenvalue weighted by molar-refractivity contribution is 0.0701. The number of anilines is 2. The van der Waals surface area contributed by atoms with E-state index in [4.69, 9.17) is 9.84 Å². The first-order chi connectivity index (χ1) is 9.56. The maximum absolute atomic E-state index is 11.2. The molecule has 1 aromatic carbocycles. The monoisotopic (exact) mass is 292 g/mol. The van der Waals surface area contributed by atoms with Crippen molar-refractivity contribution < 1.29 is 14.6 Å². The number of hydrogen-bond acceptors (Lipinski definition) is 5. The van der Waals surface area contributed by atoms with Crippen LogP contribution in [0.5, 0.6) is 5.75 Å². The Morgan fingerprint density at radius 3 is 2.50 bits per heavy atom. The van der Waals surface area contributed by atoms with Gasteiger partial charge in [-0.05, 0) is 30.7 Å². The van der Waals surface area contributed by atoms with Crippen LogP contribution in [0, 0.1) is 0 Å². The van der Waals surface area contributed by atoms with E-state index in [2.05, 4.69) is 4.98 Å². The van der Waals surface area contributed by atoms with Crippen LogP contribution in [0.15, 0.2) is 24.3 Å². The van der Waals surface area contributed by atoms with Crippen LogP contribution >= 0.6 is 11.3 Å². The molecule has 0 saturated heterocycles. The van der Waals surface area contributed by atoms with Gasteiger partial charge in [-0.25, -0.2) is 9.78 Å². The zero-order valence-electron chi connectivity index (χ0n) is 11.6. The van der Waals surface area contributed by atoms with Crippen molar-refractivity contribution in [3.05, 3.63) is 34.8 Å². The molecule has 0 aliphatic carbocycles. The van der Waals surface area contributed by atoms with Crippen LogP contribution in [-0.2, 0) is 6.42 Å². The SMILES string of the molecule is CCc1nc(N(C)c2ccc(OC)cc2)sc1C(=O)O. The third kappa shape index (κ3) is 2.75. The van der Waals surface area contributed by atoms with Gasteiger partial charge in [-0.3, -0.25) is 0 Å². The number of aromatic carboxylic acids is 1. The van der Waals surface area contributed by atoms with Crippen LogP contribution in [-0.4, -0.2) is 30.2 Å². The van der Waals surface area contributed by atoms with E-state index in [9.17, 15) is 4.79 Å². The fourth-order valence-electron chi connectivity index (χ4n) is 1.81. The van der Waals surface area contributed by atoms with Crippen molar-refractivity contribution in [2.24, 2.45) is 0 Å². The summed E-state index contributed by atoms with van der Waals surface area (Å²) in [6, 6.07) is 7.54. The van der Waals surface area contributed by atoms with Crippen LogP contribution in [0.3, 0.4) is 0 Å². The molecule has 0 atom stereocenters. The summed E-state index contributed by atoms with van der Waals surface area (Å²) in [5, 5.41) is 9.84. The van der Waals surface area contributed by atoms with Gasteiger partial charge < -0.3 is 14.7 Å². The largest absolute Gasteiger partial charge is 0.497 e. The van der Waals surface area contributed by atoms with Crippen LogP contribution in [0.25, 0.3) is 0 Å². The standard InChI is InChI=1S/C14H16N2O3S/c1-4-11-12(13(17)18)20-14(15-11)16(2)9-5-7-10(19-3)8-6-9/h5-8H,4H2,1-3H3,(H,17,18). The molecule has 0 fully saturated rings. The maximum Gasteiger partial charge on any atom is 0.347 e. The highest BCUT2D eigenvalue weighted by Crippen LogP contribution is 2.31. The Kier molecular flexibility index (Phi) is 4.24. The van der Waals surface area contributed by atoms with Gasteiger partial charge in [0, 0.05) is 12.7 Å². The topological polar surface area (TPSA) is 62.7 Å². The first kappa shape index (κ1) is 14.3. The van der Waals surface area contributed by atoms with E-state index in [0.29, 0.717) is 22.1 Å². The zero-order chi connectivity index (χ0) is 14.7. The summed E-state index contributed by atoms with van der Waals surface area (Å²) >= 11 is 1.19. The number of carboxylic acids is 1. The molecule has 1 aromatic heterocycles. The fraction of sp³-hybridized carbons (Fsp3) is 0.286. The first-order valence-electron chi connectivity index (χ1n) is 6.17. The van der Waals surface area contributed by atoms with Gasteiger partial charge in [-0.2, -0.15) is 0 Å². The van der Waals surface area contributed by atoms with Crippen LogP contribution in [0.1, 0.15) is 22.3 Å². The average Bonchev–Trinajstić information content (AvgIpc) is 2.91. The van der Waals surface area contributed by atoms with E-state index in [1.165, 1.54) is 11.3 Å². The molecule has 106 valence electrons. The average molecular weight is 292 g/mol. The maximum atomic E-state index is 11.2. The number of nitrogens with zero attached hydrogens (tertiary/aromatic N) is 2. The molecule has 2 aromatic rings. The molecule has 0 radical (unpaired) electrons. The van der Waals surface area contributed by atoms with E-state index < -0.39 is 5.97 Å². The van der Waals surface area contributed by atoms with E-state index in [0.717, 1.165) is 11.4 Å². The quantitative estimate of drug-likeness (QED) is 0.917. The summed E-state index contributed by atoms with van der Waals surface area (Å²) in [5.41, 5.74) is 1.55. The van der Waals surface area contributed by atoms with Crippen molar-refractivity contribution in [2.45, 2.75) is 13.3 Å². The number of carbonyl (C=O) groups is 1. The Morgan fingerprint density at radius 1 is 1.40 bits per heavy atom. The molecule has 20 heavy (non-hydrogen) atoms. The zero-order valence-corrected chi connectivity index (χ0v) is 12.4. The summed E-state index contributed by atoms with van der Waals surface area (Å²) in [7, 11) is 3.48. The smallest absolute Gasteiger partial charge is 0.347 e. The minimum absolute atomic E-state index is 0.308. The highest BCUT2D eigenvalue weighted by atomic mass is 32.1. The molecule has 0 unspecified atom stereocenters. The van der Waals surface area contributed by atoms with Crippen molar-refractivity contribution in [3.8, 4) is 5.75 Å². The van der Waals surface area contributed by atoms with Gasteiger partial charge in [-0.15, -0.1) is 0 Å². The molecule has 0 spiro atoms. The molecular weight excluding hydrogens is 276 g/mol. The lowest BCUT2D eigenvalue weighted by Gasteiger charge is -2.16. The number of thiazole rings is 1.